The third-order valence-electron chi connectivity index (χ3n) is 7.32. The average Bonchev–Trinajstić information content (AvgIpc) is 2.85. The second-order valence-electron chi connectivity index (χ2n) is 9.97. The van der Waals surface area contributed by atoms with Gasteiger partial charge in [0, 0.05) is 45.8 Å². The van der Waals surface area contributed by atoms with E-state index in [1.54, 1.807) is 4.31 Å². The predicted molar refractivity (Wildman–Crippen MR) is 142 cm³/mol. The average molecular weight is 497 g/mol. The van der Waals surface area contributed by atoms with Gasteiger partial charge in [0.2, 0.25) is 10.0 Å². The topological polar surface area (TPSA) is 67.7 Å². The Morgan fingerprint density at radius 3 is 2.00 bits per heavy atom. The first-order chi connectivity index (χ1) is 16.7. The molecular weight excluding hydrogens is 456 g/mol. The number of rotatable bonds is 12. The van der Waals surface area contributed by atoms with Crippen LogP contribution in [0.5, 0.6) is 0 Å². The quantitative estimate of drug-likeness (QED) is 0.445. The van der Waals surface area contributed by atoms with Crippen LogP contribution in [-0.4, -0.2) is 74.6 Å². The molecule has 2 aromatic rings. The second kappa shape index (κ2) is 12.6. The van der Waals surface area contributed by atoms with Crippen molar-refractivity contribution >= 4 is 10.0 Å². The van der Waals surface area contributed by atoms with E-state index in [4.69, 9.17) is 0 Å². The van der Waals surface area contributed by atoms with Crippen LogP contribution < -0.4 is 0 Å². The summed E-state index contributed by atoms with van der Waals surface area (Å²) < 4.78 is 26.2. The van der Waals surface area contributed by atoms with Crippen LogP contribution in [0.3, 0.4) is 0 Å². The number of nitriles is 1. The van der Waals surface area contributed by atoms with Gasteiger partial charge in [0.1, 0.15) is 0 Å². The lowest BCUT2D eigenvalue weighted by molar-refractivity contribution is 0.123. The molecule has 1 aliphatic rings. The van der Waals surface area contributed by atoms with Crippen LogP contribution in [0.2, 0.25) is 0 Å². The van der Waals surface area contributed by atoms with Gasteiger partial charge in [0.05, 0.1) is 17.7 Å². The van der Waals surface area contributed by atoms with E-state index < -0.39 is 15.4 Å². The summed E-state index contributed by atoms with van der Waals surface area (Å²) in [6.45, 7) is 10.8. The molecule has 0 amide bonds. The highest BCUT2D eigenvalue weighted by molar-refractivity contribution is 7.88. The molecule has 0 spiro atoms. The number of sulfonamides is 1. The fraction of sp³-hybridized carbons (Fsp3) is 0.536. The summed E-state index contributed by atoms with van der Waals surface area (Å²) in [5.41, 5.74) is 1.68. The minimum absolute atomic E-state index is 0.250. The van der Waals surface area contributed by atoms with Gasteiger partial charge in [-0.1, -0.05) is 74.5 Å². The maximum Gasteiger partial charge on any atom is 0.211 e. The van der Waals surface area contributed by atoms with Gasteiger partial charge < -0.3 is 4.90 Å². The van der Waals surface area contributed by atoms with Crippen LogP contribution in [0.4, 0.5) is 0 Å². The highest BCUT2D eigenvalue weighted by Crippen LogP contribution is 2.36. The molecule has 0 aliphatic carbocycles. The molecule has 1 heterocycles. The third-order valence-corrected chi connectivity index (χ3v) is 8.57. The van der Waals surface area contributed by atoms with Crippen molar-refractivity contribution < 1.29 is 8.42 Å². The maximum absolute atomic E-state index is 12.3. The normalized spacial score (nSPS) is 17.4. The summed E-state index contributed by atoms with van der Waals surface area (Å²) in [6.07, 6.45) is 3.13. The van der Waals surface area contributed by atoms with Crippen LogP contribution >= 0.6 is 0 Å². The van der Waals surface area contributed by atoms with Crippen molar-refractivity contribution in [2.45, 2.75) is 38.6 Å². The summed E-state index contributed by atoms with van der Waals surface area (Å²) in [5.74, 6) is 0.250. The lowest BCUT2D eigenvalue weighted by Crippen LogP contribution is -2.49. The van der Waals surface area contributed by atoms with Gasteiger partial charge in [-0.25, -0.2) is 8.42 Å². The molecule has 0 aromatic heterocycles. The zero-order valence-corrected chi connectivity index (χ0v) is 22.3. The first-order valence-corrected chi connectivity index (χ1v) is 14.5. The molecule has 3 rings (SSSR count). The van der Waals surface area contributed by atoms with Gasteiger partial charge in [-0.05, 0) is 36.4 Å². The third kappa shape index (κ3) is 7.62. The molecule has 1 aliphatic heterocycles. The largest absolute Gasteiger partial charge is 0.301 e. The van der Waals surface area contributed by atoms with E-state index in [9.17, 15) is 13.7 Å². The van der Waals surface area contributed by atoms with E-state index in [2.05, 4.69) is 41.8 Å². The Kier molecular flexibility index (Phi) is 9.88. The van der Waals surface area contributed by atoms with E-state index >= 15 is 0 Å². The van der Waals surface area contributed by atoms with Gasteiger partial charge in [0.25, 0.3) is 0 Å². The zero-order chi connectivity index (χ0) is 25.3. The summed E-state index contributed by atoms with van der Waals surface area (Å²) in [7, 11) is -3.26. The lowest BCUT2D eigenvalue weighted by atomic mass is 9.70. The highest BCUT2D eigenvalue weighted by atomic mass is 32.2. The van der Waals surface area contributed by atoms with Gasteiger partial charge in [0.15, 0.2) is 0 Å². The van der Waals surface area contributed by atoms with E-state index in [0.29, 0.717) is 13.1 Å². The molecule has 190 valence electrons. The molecule has 35 heavy (non-hydrogen) atoms. The van der Waals surface area contributed by atoms with Crippen LogP contribution in [0.15, 0.2) is 60.7 Å². The standard InChI is InChI=1S/C28H40N4O2S/c1-25(2)28(24-29,27-13-8-5-9-14-27)15-10-16-30-17-19-31(20-18-30)21-22-32(35(3,33)34)23-26-11-6-4-7-12-26/h4-9,11-14,25H,10,15-23H2,1-3H3. The molecule has 0 radical (unpaired) electrons. The van der Waals surface area contributed by atoms with Crippen molar-refractivity contribution in [1.82, 2.24) is 14.1 Å². The van der Waals surface area contributed by atoms with E-state index in [0.717, 1.165) is 63.2 Å². The summed E-state index contributed by atoms with van der Waals surface area (Å²) in [5, 5.41) is 10.1. The van der Waals surface area contributed by atoms with E-state index in [1.165, 1.54) is 6.26 Å². The predicted octanol–water partition coefficient (Wildman–Crippen LogP) is 3.96. The number of benzene rings is 2. The van der Waals surface area contributed by atoms with E-state index in [-0.39, 0.29) is 5.92 Å². The molecule has 6 nitrogen and oxygen atoms in total. The van der Waals surface area contributed by atoms with Gasteiger partial charge in [-0.15, -0.1) is 0 Å². The fourth-order valence-electron chi connectivity index (χ4n) is 4.97. The van der Waals surface area contributed by atoms with Crippen molar-refractivity contribution in [1.29, 1.82) is 5.26 Å². The number of hydrogen-bond donors (Lipinski definition) is 0. The fourth-order valence-corrected chi connectivity index (χ4v) is 5.77. The Morgan fingerprint density at radius 1 is 0.943 bits per heavy atom. The second-order valence-corrected chi connectivity index (χ2v) is 12.0. The molecule has 0 saturated carbocycles. The first kappa shape index (κ1) is 27.3. The molecule has 7 heteroatoms. The van der Waals surface area contributed by atoms with Crippen molar-refractivity contribution in [2.75, 3.05) is 52.1 Å². The lowest BCUT2D eigenvalue weighted by Gasteiger charge is -2.36. The summed E-state index contributed by atoms with van der Waals surface area (Å²) >= 11 is 0. The summed E-state index contributed by atoms with van der Waals surface area (Å²) in [6, 6.07) is 22.6. The van der Waals surface area contributed by atoms with Crippen molar-refractivity contribution in [3.8, 4) is 6.07 Å². The Labute approximate surface area is 212 Å². The van der Waals surface area contributed by atoms with Crippen LogP contribution in [0, 0.1) is 17.2 Å². The Hall–Kier alpha value is -2.24. The minimum Gasteiger partial charge on any atom is -0.301 e. The Morgan fingerprint density at radius 2 is 1.49 bits per heavy atom. The number of piperazine rings is 1. The van der Waals surface area contributed by atoms with Gasteiger partial charge in [-0.3, -0.25) is 4.90 Å². The van der Waals surface area contributed by atoms with Crippen LogP contribution in [0.25, 0.3) is 0 Å². The number of hydrogen-bond acceptors (Lipinski definition) is 5. The van der Waals surface area contributed by atoms with E-state index in [1.807, 2.05) is 48.5 Å². The molecule has 1 saturated heterocycles. The van der Waals surface area contributed by atoms with Crippen LogP contribution in [0.1, 0.15) is 37.8 Å². The van der Waals surface area contributed by atoms with Crippen molar-refractivity contribution in [3.63, 3.8) is 0 Å². The molecule has 0 bridgehead atoms. The first-order valence-electron chi connectivity index (χ1n) is 12.6. The summed E-state index contributed by atoms with van der Waals surface area (Å²) in [4.78, 5) is 4.83. The van der Waals surface area contributed by atoms with Gasteiger partial charge in [-0.2, -0.15) is 9.57 Å². The van der Waals surface area contributed by atoms with Crippen LogP contribution in [-0.2, 0) is 22.0 Å². The van der Waals surface area contributed by atoms with Crippen molar-refractivity contribution in [3.05, 3.63) is 71.8 Å². The molecule has 1 fully saturated rings. The highest BCUT2D eigenvalue weighted by Gasteiger charge is 2.35. The number of nitrogens with zero attached hydrogens (tertiary/aromatic N) is 4. The molecule has 1 unspecified atom stereocenters. The molecule has 0 N–H and O–H groups in total. The Balaban J connectivity index is 1.46. The SMILES string of the molecule is CC(C)C(C#N)(CCCN1CCN(CCN(Cc2ccccc2)S(C)(=O)=O)CC1)c1ccccc1. The molecule has 1 atom stereocenters. The minimum atomic E-state index is -3.26. The molecular formula is C28H40N4O2S. The Bertz CT molecular complexity index is 1050. The molecule has 2 aromatic carbocycles. The maximum atomic E-state index is 12.3. The van der Waals surface area contributed by atoms with Crippen molar-refractivity contribution in [2.24, 2.45) is 5.92 Å². The zero-order valence-electron chi connectivity index (χ0n) is 21.4. The van der Waals surface area contributed by atoms with Gasteiger partial charge >= 0.3 is 0 Å². The smallest absolute Gasteiger partial charge is 0.211 e. The monoisotopic (exact) mass is 496 g/mol.